The van der Waals surface area contributed by atoms with Crippen LogP contribution < -0.4 is 19.1 Å². The van der Waals surface area contributed by atoms with Crippen LogP contribution >= 0.6 is 11.6 Å². The monoisotopic (exact) mass is 464 g/mol. The number of aryl methyl sites for hydroxylation is 1. The third-order valence-electron chi connectivity index (χ3n) is 6.40. The highest BCUT2D eigenvalue weighted by Crippen LogP contribution is 2.36. The molecule has 2 aliphatic rings. The molecule has 5 rings (SSSR count). The first-order valence-corrected chi connectivity index (χ1v) is 11.9. The molecule has 0 saturated carbocycles. The average Bonchev–Trinajstić information content (AvgIpc) is 3.32. The van der Waals surface area contributed by atoms with Crippen LogP contribution in [0.1, 0.15) is 23.7 Å². The summed E-state index contributed by atoms with van der Waals surface area (Å²) < 4.78 is 17.5. The van der Waals surface area contributed by atoms with Gasteiger partial charge in [0.1, 0.15) is 11.9 Å². The highest BCUT2D eigenvalue weighted by Gasteiger charge is 2.23. The molecule has 0 radical (unpaired) electrons. The number of para-hydroxylation sites is 1. The lowest BCUT2D eigenvalue weighted by molar-refractivity contribution is 0.159. The van der Waals surface area contributed by atoms with E-state index in [1.54, 1.807) is 0 Å². The summed E-state index contributed by atoms with van der Waals surface area (Å²) in [6.45, 7) is 7.59. The van der Waals surface area contributed by atoms with Crippen LogP contribution in [0.4, 0.5) is 5.69 Å². The summed E-state index contributed by atoms with van der Waals surface area (Å²) in [7, 11) is 0. The van der Waals surface area contributed by atoms with Gasteiger partial charge in [0, 0.05) is 49.9 Å². The normalized spacial score (nSPS) is 16.6. The van der Waals surface area contributed by atoms with E-state index in [4.69, 9.17) is 25.8 Å². The molecule has 6 heteroatoms. The highest BCUT2D eigenvalue weighted by atomic mass is 35.5. The van der Waals surface area contributed by atoms with Gasteiger partial charge in [0.05, 0.1) is 0 Å². The highest BCUT2D eigenvalue weighted by molar-refractivity contribution is 6.30. The summed E-state index contributed by atoms with van der Waals surface area (Å²) in [6.07, 6.45) is 0.794. The number of fused-ring (bicyclic) bond motifs is 1. The van der Waals surface area contributed by atoms with E-state index in [1.807, 2.05) is 36.4 Å². The third kappa shape index (κ3) is 5.21. The molecule has 1 atom stereocenters. The molecular formula is C27H29ClN2O3. The number of benzene rings is 3. The molecule has 0 aromatic heterocycles. The Morgan fingerprint density at radius 2 is 1.67 bits per heavy atom. The molecule has 1 unspecified atom stereocenters. The van der Waals surface area contributed by atoms with E-state index in [0.717, 1.165) is 62.0 Å². The first kappa shape index (κ1) is 21.9. The minimum Gasteiger partial charge on any atom is -0.486 e. The van der Waals surface area contributed by atoms with Crippen molar-refractivity contribution in [3.8, 4) is 17.2 Å². The van der Waals surface area contributed by atoms with Gasteiger partial charge in [-0.25, -0.2) is 0 Å². The Morgan fingerprint density at radius 1 is 0.909 bits per heavy atom. The zero-order chi connectivity index (χ0) is 22.6. The van der Waals surface area contributed by atoms with Crippen LogP contribution in [0, 0.1) is 6.92 Å². The molecule has 1 fully saturated rings. The minimum absolute atomic E-state index is 0.0879. The largest absolute Gasteiger partial charge is 0.486 e. The molecule has 3 aromatic carbocycles. The van der Waals surface area contributed by atoms with E-state index in [1.165, 1.54) is 11.3 Å². The Morgan fingerprint density at radius 3 is 2.45 bits per heavy atom. The molecule has 2 aliphatic heterocycles. The van der Waals surface area contributed by atoms with Crippen molar-refractivity contribution >= 4 is 17.3 Å². The maximum absolute atomic E-state index is 6.42. The predicted molar refractivity (Wildman–Crippen MR) is 132 cm³/mol. The lowest BCUT2D eigenvalue weighted by atomic mass is 10.0. The number of nitrogens with zero attached hydrogens (tertiary/aromatic N) is 2. The van der Waals surface area contributed by atoms with Crippen LogP contribution in [-0.4, -0.2) is 44.4 Å². The standard InChI is InChI=1S/C27H29ClN2O3/c1-20-4-2-3-5-24(20)30-16-14-29(15-17-30)13-12-25(33-23-9-7-22(28)8-10-23)21-6-11-26-27(18-21)32-19-31-26/h2-11,18,25H,12-17,19H2,1H3. The number of hydrogen-bond acceptors (Lipinski definition) is 5. The zero-order valence-electron chi connectivity index (χ0n) is 18.9. The summed E-state index contributed by atoms with van der Waals surface area (Å²) in [5.74, 6) is 2.38. The van der Waals surface area contributed by atoms with Crippen LogP contribution in [0.15, 0.2) is 66.7 Å². The first-order valence-electron chi connectivity index (χ1n) is 11.5. The summed E-state index contributed by atoms with van der Waals surface area (Å²) >= 11 is 6.06. The van der Waals surface area contributed by atoms with Crippen LogP contribution in [0.25, 0.3) is 0 Å². The van der Waals surface area contributed by atoms with Crippen molar-refractivity contribution in [3.63, 3.8) is 0 Å². The Hall–Kier alpha value is -2.89. The smallest absolute Gasteiger partial charge is 0.231 e. The average molecular weight is 465 g/mol. The second-order valence-electron chi connectivity index (χ2n) is 8.58. The molecule has 172 valence electrons. The van der Waals surface area contributed by atoms with Crippen LogP contribution in [0.5, 0.6) is 17.2 Å². The summed E-state index contributed by atoms with van der Waals surface area (Å²) in [5.41, 5.74) is 3.78. The molecular weight excluding hydrogens is 436 g/mol. The van der Waals surface area contributed by atoms with Crippen molar-refractivity contribution in [2.45, 2.75) is 19.4 Å². The first-order chi connectivity index (χ1) is 16.2. The SMILES string of the molecule is Cc1ccccc1N1CCN(CCC(Oc2ccc(Cl)cc2)c2ccc3c(c2)OCO3)CC1. The Bertz CT molecular complexity index is 1080. The molecule has 5 nitrogen and oxygen atoms in total. The van der Waals surface area contributed by atoms with Crippen LogP contribution in [-0.2, 0) is 0 Å². The fourth-order valence-corrected chi connectivity index (χ4v) is 4.64. The topological polar surface area (TPSA) is 34.2 Å². The second kappa shape index (κ2) is 9.94. The van der Waals surface area contributed by atoms with E-state index in [2.05, 4.69) is 47.1 Å². The van der Waals surface area contributed by atoms with E-state index >= 15 is 0 Å². The van der Waals surface area contributed by atoms with Crippen molar-refractivity contribution < 1.29 is 14.2 Å². The van der Waals surface area contributed by atoms with Crippen LogP contribution in [0.3, 0.4) is 0 Å². The Labute approximate surface area is 200 Å². The fraction of sp³-hybridized carbons (Fsp3) is 0.333. The number of hydrogen-bond donors (Lipinski definition) is 0. The van der Waals surface area contributed by atoms with Gasteiger partial charge in [-0.05, 0) is 60.5 Å². The third-order valence-corrected chi connectivity index (χ3v) is 6.65. The molecule has 2 heterocycles. The summed E-state index contributed by atoms with van der Waals surface area (Å²) in [5, 5.41) is 0.702. The molecule has 33 heavy (non-hydrogen) atoms. The summed E-state index contributed by atoms with van der Waals surface area (Å²) in [4.78, 5) is 5.02. The molecule has 0 N–H and O–H groups in total. The predicted octanol–water partition coefficient (Wildman–Crippen LogP) is 5.71. The van der Waals surface area contributed by atoms with Crippen molar-refractivity contribution in [2.75, 3.05) is 44.4 Å². The fourth-order valence-electron chi connectivity index (χ4n) is 4.51. The molecule has 0 bridgehead atoms. The maximum Gasteiger partial charge on any atom is 0.231 e. The quantitative estimate of drug-likeness (QED) is 0.447. The van der Waals surface area contributed by atoms with Gasteiger partial charge in [0.2, 0.25) is 6.79 Å². The van der Waals surface area contributed by atoms with E-state index in [-0.39, 0.29) is 12.9 Å². The molecule has 1 saturated heterocycles. The van der Waals surface area contributed by atoms with E-state index in [9.17, 15) is 0 Å². The van der Waals surface area contributed by atoms with Gasteiger partial charge in [0.15, 0.2) is 11.5 Å². The van der Waals surface area contributed by atoms with Gasteiger partial charge in [-0.2, -0.15) is 0 Å². The van der Waals surface area contributed by atoms with Crippen LogP contribution in [0.2, 0.25) is 5.02 Å². The van der Waals surface area contributed by atoms with Gasteiger partial charge >= 0.3 is 0 Å². The van der Waals surface area contributed by atoms with Gasteiger partial charge < -0.3 is 19.1 Å². The van der Waals surface area contributed by atoms with Crippen molar-refractivity contribution in [2.24, 2.45) is 0 Å². The lowest BCUT2D eigenvalue weighted by Gasteiger charge is -2.37. The number of halogens is 1. The zero-order valence-corrected chi connectivity index (χ0v) is 19.6. The van der Waals surface area contributed by atoms with Crippen molar-refractivity contribution in [3.05, 3.63) is 82.9 Å². The van der Waals surface area contributed by atoms with Gasteiger partial charge in [0.25, 0.3) is 0 Å². The lowest BCUT2D eigenvalue weighted by Crippen LogP contribution is -2.47. The number of ether oxygens (including phenoxy) is 3. The van der Waals surface area contributed by atoms with Gasteiger partial charge in [-0.15, -0.1) is 0 Å². The maximum atomic E-state index is 6.42. The Kier molecular flexibility index (Phi) is 6.60. The molecule has 0 spiro atoms. The van der Waals surface area contributed by atoms with Crippen molar-refractivity contribution in [1.82, 2.24) is 4.90 Å². The second-order valence-corrected chi connectivity index (χ2v) is 9.01. The molecule has 0 amide bonds. The number of anilines is 1. The minimum atomic E-state index is -0.0879. The Balaban J connectivity index is 1.24. The molecule has 3 aromatic rings. The van der Waals surface area contributed by atoms with Gasteiger partial charge in [-0.1, -0.05) is 35.9 Å². The number of piperazine rings is 1. The summed E-state index contributed by atoms with van der Waals surface area (Å²) in [6, 6.07) is 22.3. The molecule has 0 aliphatic carbocycles. The van der Waals surface area contributed by atoms with Gasteiger partial charge in [-0.3, -0.25) is 4.90 Å². The number of rotatable bonds is 7. The van der Waals surface area contributed by atoms with E-state index in [0.29, 0.717) is 5.02 Å². The van der Waals surface area contributed by atoms with E-state index < -0.39 is 0 Å². The van der Waals surface area contributed by atoms with Crippen molar-refractivity contribution in [1.29, 1.82) is 0 Å².